The molecule has 4 heterocycles. The second-order valence-electron chi connectivity index (χ2n) is 23.1. The van der Waals surface area contributed by atoms with Crippen LogP contribution < -0.4 is 0 Å². The van der Waals surface area contributed by atoms with E-state index in [9.17, 15) is 9.59 Å². The Morgan fingerprint density at radius 3 is 0.880 bits per heavy atom. The van der Waals surface area contributed by atoms with Crippen molar-refractivity contribution in [2.24, 2.45) is 81.8 Å². The number of hydrogen-bond acceptors (Lipinski definition) is 5. The van der Waals surface area contributed by atoms with Gasteiger partial charge in [-0.15, -0.1) is 18.7 Å². The van der Waals surface area contributed by atoms with Crippen molar-refractivity contribution in [1.82, 2.24) is 0 Å². The fourth-order valence-electron chi connectivity index (χ4n) is 14.0. The molecule has 0 amide bonds. The molecular formula is C55H87F21NO5Rf-. The quantitative estimate of drug-likeness (QED) is 0.178. The summed E-state index contributed by atoms with van der Waals surface area (Å²) in [7, 11) is 0. The number of ketones is 2. The maximum Gasteiger partial charge on any atom is 0.161 e. The van der Waals surface area contributed by atoms with Gasteiger partial charge in [0.1, 0.15) is 23.6 Å². The van der Waals surface area contributed by atoms with E-state index in [1.807, 2.05) is 0 Å². The van der Waals surface area contributed by atoms with E-state index in [1.165, 1.54) is 43.3 Å². The van der Waals surface area contributed by atoms with E-state index < -0.39 is 0 Å². The second-order valence-corrected chi connectivity index (χ2v) is 23.1. The van der Waals surface area contributed by atoms with Crippen LogP contribution in [0.25, 0.3) is 5.32 Å². The first-order valence-electron chi connectivity index (χ1n) is 25.8. The van der Waals surface area contributed by atoms with Crippen LogP contribution in [0.15, 0.2) is 61.1 Å². The van der Waals surface area contributed by atoms with Gasteiger partial charge < -0.3 is 19.5 Å². The fourth-order valence-corrected chi connectivity index (χ4v) is 14.0. The molecule has 12 aliphatic rings. The van der Waals surface area contributed by atoms with E-state index in [4.69, 9.17) is 96.5 Å². The van der Waals surface area contributed by atoms with Crippen molar-refractivity contribution in [3.05, 3.63) is 66.4 Å². The normalized spacial score (nSPS) is 38.5. The van der Waals surface area contributed by atoms with E-state index in [2.05, 4.69) is 121 Å². The number of rotatable bonds is 0. The molecule has 4 saturated heterocycles. The number of halogens is 21. The Labute approximate surface area is 468 Å². The minimum Gasteiger partial charge on any atom is -0.653 e. The number of Topliss-reactive ketones (excluding diaryl/α,β-unsaturated/α-hetero) is 2. The average molecular weight is 1510 g/mol. The summed E-state index contributed by atoms with van der Waals surface area (Å²) in [6.07, 6.45) is 12.1. The number of nitrogens with zero attached hydrogens (tertiary/aromatic N) is 1. The minimum atomic E-state index is -0.0168. The zero-order valence-electron chi connectivity index (χ0n) is 49.4. The van der Waals surface area contributed by atoms with Crippen LogP contribution >= 0.6 is 0 Å². The predicted molar refractivity (Wildman–Crippen MR) is 276 cm³/mol. The smallest absolute Gasteiger partial charge is 0.161 e. The first-order chi connectivity index (χ1) is 37.4. The van der Waals surface area contributed by atoms with Crippen molar-refractivity contribution < 1.29 is 120 Å². The summed E-state index contributed by atoms with van der Waals surface area (Å²) in [5.41, 5.74) is 5.56. The fraction of sp³-hybridized carbons (Fsp3) is 0.782. The Morgan fingerprint density at radius 1 is 0.410 bits per heavy atom. The molecular weight excluding hydrogens is 1420 g/mol. The third-order valence-corrected chi connectivity index (χ3v) is 20.8. The van der Waals surface area contributed by atoms with Gasteiger partial charge in [-0.25, -0.2) is 0 Å². The number of hydrogen-bond donors (Lipinski definition) is 0. The summed E-state index contributed by atoms with van der Waals surface area (Å²) in [6.45, 7) is 48.0. The van der Waals surface area contributed by atoms with Gasteiger partial charge in [-0.05, 0) is 85.9 Å². The summed E-state index contributed by atoms with van der Waals surface area (Å²) >= 11 is 0. The average Bonchev–Trinajstić information content (AvgIpc) is 4.22. The van der Waals surface area contributed by atoms with Gasteiger partial charge in [0, 0.05) is 137 Å². The Balaban J connectivity index is -0.000000157. The Kier molecular flexibility index (Phi) is 44.7. The Hall–Kier alpha value is -4.91. The molecule has 12 atom stereocenters. The van der Waals surface area contributed by atoms with Crippen molar-refractivity contribution in [3.8, 4) is 0 Å². The molecule has 12 fully saturated rings. The number of carbonyl (C=O) groups is 2. The molecule has 0 aromatic rings. The number of carbonyl (C=O) groups excluding carboxylic acids is 2. The third-order valence-electron chi connectivity index (χ3n) is 20.8. The SMILES string of the molecule is C=C1CC(=O)C2(C1)C(C)C2C.C=C1CCC2(C1)C(C)C2C.C=C1CCC2(O1)C(C)C2C.C=C1CCC2(O1)C(C)C2C.C=C1C[N-]C2(C1)C(C)C2C.CC1C(C)C12CC(=O)CO2.F.F.F.FF.FF.FF.FF.FF.FF.FF.FF.FF.[Rf]. The summed E-state index contributed by atoms with van der Waals surface area (Å²) in [5, 5.41) is 4.62. The van der Waals surface area contributed by atoms with E-state index in [0.29, 0.717) is 54.4 Å². The number of ether oxygens (including phenoxy) is 3. The zero-order valence-corrected chi connectivity index (χ0v) is 55.8. The van der Waals surface area contributed by atoms with Gasteiger partial charge in [0.25, 0.3) is 0 Å². The molecule has 0 bridgehead atoms. The van der Waals surface area contributed by atoms with Crippen molar-refractivity contribution in [2.45, 2.75) is 176 Å². The summed E-state index contributed by atoms with van der Waals surface area (Å²) < 4.78 is 161. The first kappa shape index (κ1) is 91.8. The van der Waals surface area contributed by atoms with Crippen molar-refractivity contribution in [1.29, 1.82) is 0 Å². The molecule has 6 spiro atoms. The summed E-state index contributed by atoms with van der Waals surface area (Å²) in [5.74, 6) is 11.7. The van der Waals surface area contributed by atoms with Gasteiger partial charge in [-0.3, -0.25) is 23.7 Å². The molecule has 8 aliphatic carbocycles. The van der Waals surface area contributed by atoms with Crippen LogP contribution in [0, 0.1) is 81.8 Å². The topological polar surface area (TPSA) is 75.9 Å². The van der Waals surface area contributed by atoms with Gasteiger partial charge in [0.15, 0.2) is 5.78 Å². The van der Waals surface area contributed by atoms with Crippen LogP contribution in [0.4, 0.5) is 96.4 Å². The maximum absolute atomic E-state index is 11.5. The van der Waals surface area contributed by atoms with Crippen LogP contribution in [-0.4, -0.2) is 47.1 Å². The standard InChI is InChI=1S/C10H14O.C10H16.C9H14N.2C9H14O.C8H12O2.9F2.3FH.Rf/c1-6-4-9(11)10(5-6)7(2)8(10)3;1-7-4-5-10(6-7)8(2)9(10)3;1-6-4-9(10-5-6)7(2)8(9)3;2*1-6-4-5-9(10-6)7(2)8(9)3;1-5-6(2)8(5)3-7(9)4-10-8;9*1-2;;;;/h7-8H,1,4-5H2,2-3H3;8-9H,1,4-6H2,2-3H3;3*7-8H,1,4-5H2,2-3H3;5-6H,3-4H2,1-2H3;;;;;;;;;;3*1H;/q;;-1;;;;;;;;;;;;;;;;. The second kappa shape index (κ2) is 40.4. The monoisotopic (exact) mass is 1510 g/mol. The number of allylic oxidation sites excluding steroid dienone is 4. The largest absolute Gasteiger partial charge is 0.653 e. The van der Waals surface area contributed by atoms with Crippen molar-refractivity contribution >= 4 is 11.6 Å². The molecule has 83 heavy (non-hydrogen) atoms. The molecule has 8 saturated carbocycles. The van der Waals surface area contributed by atoms with Crippen LogP contribution in [0.1, 0.15) is 154 Å². The molecule has 0 N–H and O–H groups in total. The van der Waals surface area contributed by atoms with Gasteiger partial charge in [0.05, 0.1) is 17.1 Å². The van der Waals surface area contributed by atoms with Crippen LogP contribution in [0.3, 0.4) is 0 Å². The van der Waals surface area contributed by atoms with Crippen molar-refractivity contribution in [3.63, 3.8) is 0 Å². The van der Waals surface area contributed by atoms with Gasteiger partial charge >= 0.3 is 0 Å². The molecule has 0 radical (unpaired) electrons. The molecule has 4 aliphatic heterocycles. The van der Waals surface area contributed by atoms with Gasteiger partial charge in [-0.2, -0.15) is 0 Å². The van der Waals surface area contributed by atoms with Crippen LogP contribution in [0.5, 0.6) is 0 Å². The van der Waals surface area contributed by atoms with Gasteiger partial charge in [-0.1, -0.05) is 138 Å². The molecule has 28 heteroatoms. The van der Waals surface area contributed by atoms with E-state index >= 15 is 0 Å². The van der Waals surface area contributed by atoms with Crippen molar-refractivity contribution in [2.75, 3.05) is 13.2 Å². The summed E-state index contributed by atoms with van der Waals surface area (Å²) in [4.78, 5) is 22.4. The third kappa shape index (κ3) is 19.6. The predicted octanol–water partition coefficient (Wildman–Crippen LogP) is 21.2. The molecule has 492 valence electrons. The molecule has 12 unspecified atom stereocenters. The molecule has 12 rings (SSSR count). The molecule has 0 aromatic carbocycles. The van der Waals surface area contributed by atoms with E-state index in [0.717, 1.165) is 102 Å². The summed E-state index contributed by atoms with van der Waals surface area (Å²) in [6, 6.07) is 0. The molecule has 6 nitrogen and oxygen atoms in total. The van der Waals surface area contributed by atoms with E-state index in [-0.39, 0.29) is 42.1 Å². The first-order valence-corrected chi connectivity index (χ1v) is 25.8. The zero-order chi connectivity index (χ0) is 63.0. The Bertz CT molecular complexity index is 1620. The van der Waals surface area contributed by atoms with Gasteiger partial charge in [0.2, 0.25) is 0 Å². The molecule has 0 aromatic heterocycles. The maximum atomic E-state index is 11.5. The van der Waals surface area contributed by atoms with E-state index in [1.54, 1.807) is 0 Å². The van der Waals surface area contributed by atoms with Crippen LogP contribution in [0.2, 0.25) is 0 Å². The minimum absolute atomic E-state index is 0. The Morgan fingerprint density at radius 2 is 0.759 bits per heavy atom. The van der Waals surface area contributed by atoms with Crippen LogP contribution in [-0.2, 0) is 23.8 Å².